The van der Waals surface area contributed by atoms with Crippen LogP contribution in [0.2, 0.25) is 0 Å². The van der Waals surface area contributed by atoms with E-state index < -0.39 is 0 Å². The zero-order valence-electron chi connectivity index (χ0n) is 13.3. The average Bonchev–Trinajstić information content (AvgIpc) is 3.02. The van der Waals surface area contributed by atoms with Gasteiger partial charge in [0.2, 0.25) is 0 Å². The molecule has 2 aromatic rings. The number of rotatable bonds is 6. The Hall–Kier alpha value is -1.20. The largest absolute Gasteiger partial charge is 0.396 e. The third-order valence-corrected chi connectivity index (χ3v) is 5.68. The topological polar surface area (TPSA) is 58.0 Å². The monoisotopic (exact) mass is 319 g/mol. The van der Waals surface area contributed by atoms with E-state index in [2.05, 4.69) is 33.7 Å². The number of hydrogen-bond donors (Lipinski definition) is 2. The maximum atomic E-state index is 9.45. The van der Waals surface area contributed by atoms with Gasteiger partial charge in [-0.05, 0) is 36.1 Å². The van der Waals surface area contributed by atoms with Gasteiger partial charge in [0.15, 0.2) is 0 Å². The van der Waals surface area contributed by atoms with E-state index in [1.54, 1.807) is 11.3 Å². The predicted octanol–water partition coefficient (Wildman–Crippen LogP) is 4.00. The Kier molecular flexibility index (Phi) is 4.93. The zero-order valence-corrected chi connectivity index (χ0v) is 14.1. The predicted molar refractivity (Wildman–Crippen MR) is 92.5 cm³/mol. The molecule has 0 unspecified atom stereocenters. The smallest absolute Gasteiger partial charge is 0.138 e. The minimum Gasteiger partial charge on any atom is -0.396 e. The number of aryl methyl sites for hydroxylation is 1. The fraction of sp³-hybridized carbons (Fsp3) is 0.647. The van der Waals surface area contributed by atoms with Gasteiger partial charge in [-0.1, -0.05) is 26.2 Å². The lowest BCUT2D eigenvalue weighted by Crippen LogP contribution is -2.33. The summed E-state index contributed by atoms with van der Waals surface area (Å²) >= 11 is 1.67. The van der Waals surface area contributed by atoms with Gasteiger partial charge >= 0.3 is 0 Å². The van der Waals surface area contributed by atoms with Crippen LogP contribution < -0.4 is 5.32 Å². The molecule has 0 amide bonds. The summed E-state index contributed by atoms with van der Waals surface area (Å²) in [6.45, 7) is 3.27. The lowest BCUT2D eigenvalue weighted by atomic mass is 9.72. The summed E-state index contributed by atoms with van der Waals surface area (Å²) in [5.74, 6) is 1.86. The average molecular weight is 319 g/mol. The highest BCUT2D eigenvalue weighted by Crippen LogP contribution is 2.39. The molecule has 2 heterocycles. The molecule has 2 N–H and O–H groups in total. The molecule has 0 spiro atoms. The lowest BCUT2D eigenvalue weighted by Gasteiger charge is -2.37. The fourth-order valence-electron chi connectivity index (χ4n) is 3.52. The van der Waals surface area contributed by atoms with Crippen molar-refractivity contribution < 1.29 is 5.11 Å². The van der Waals surface area contributed by atoms with Gasteiger partial charge in [0.05, 0.1) is 5.39 Å². The maximum Gasteiger partial charge on any atom is 0.138 e. The molecule has 1 saturated carbocycles. The van der Waals surface area contributed by atoms with Crippen LogP contribution in [0.25, 0.3) is 10.2 Å². The van der Waals surface area contributed by atoms with Gasteiger partial charge in [0, 0.05) is 19.6 Å². The summed E-state index contributed by atoms with van der Waals surface area (Å²) < 4.78 is 0. The van der Waals surface area contributed by atoms with E-state index in [1.165, 1.54) is 32.1 Å². The first kappa shape index (κ1) is 15.7. The SMILES string of the molecule is CCc1nc(NCC2(CCO)CCCCC2)c2ccsc2n1. The third-order valence-electron chi connectivity index (χ3n) is 4.87. The molecule has 0 aliphatic heterocycles. The lowest BCUT2D eigenvalue weighted by molar-refractivity contribution is 0.141. The molecule has 4 nitrogen and oxygen atoms in total. The number of anilines is 1. The normalized spacial score (nSPS) is 17.7. The van der Waals surface area contributed by atoms with Gasteiger partial charge in [-0.25, -0.2) is 9.97 Å². The first-order valence-electron chi connectivity index (χ1n) is 8.35. The van der Waals surface area contributed by atoms with Crippen molar-refractivity contribution in [2.24, 2.45) is 5.41 Å². The summed E-state index contributed by atoms with van der Waals surface area (Å²) in [6, 6.07) is 2.10. The van der Waals surface area contributed by atoms with Crippen LogP contribution in [0.5, 0.6) is 0 Å². The summed E-state index contributed by atoms with van der Waals surface area (Å²) in [4.78, 5) is 10.3. The van der Waals surface area contributed by atoms with E-state index in [0.717, 1.165) is 41.2 Å². The van der Waals surface area contributed by atoms with Crippen LogP contribution in [0.3, 0.4) is 0 Å². The van der Waals surface area contributed by atoms with E-state index in [1.807, 2.05) is 0 Å². The molecule has 0 radical (unpaired) electrons. The molecular formula is C17H25N3OS. The summed E-state index contributed by atoms with van der Waals surface area (Å²) in [5, 5.41) is 16.2. The number of aromatic nitrogens is 2. The van der Waals surface area contributed by atoms with Crippen LogP contribution in [0.1, 0.15) is 51.3 Å². The summed E-state index contributed by atoms with van der Waals surface area (Å²) in [6.07, 6.45) is 8.04. The second-order valence-corrected chi connectivity index (χ2v) is 7.26. The molecule has 22 heavy (non-hydrogen) atoms. The Morgan fingerprint density at radius 3 is 2.82 bits per heavy atom. The van der Waals surface area contributed by atoms with Crippen LogP contribution in [-0.4, -0.2) is 28.2 Å². The van der Waals surface area contributed by atoms with Gasteiger partial charge in [-0.15, -0.1) is 11.3 Å². The van der Waals surface area contributed by atoms with Gasteiger partial charge in [-0.3, -0.25) is 0 Å². The van der Waals surface area contributed by atoms with Gasteiger partial charge < -0.3 is 10.4 Å². The second kappa shape index (κ2) is 6.92. The number of thiophene rings is 1. The molecule has 5 heteroatoms. The van der Waals surface area contributed by atoms with Crippen molar-refractivity contribution in [2.45, 2.75) is 51.9 Å². The Bertz CT molecular complexity index is 614. The molecular weight excluding hydrogens is 294 g/mol. The molecule has 2 aromatic heterocycles. The zero-order chi connectivity index (χ0) is 15.4. The van der Waals surface area contributed by atoms with E-state index in [-0.39, 0.29) is 12.0 Å². The standard InChI is InChI=1S/C17H25N3OS/c1-2-14-19-15(13-6-11-22-16(13)20-14)18-12-17(9-10-21)7-4-3-5-8-17/h6,11,21H,2-5,7-10,12H2,1H3,(H,18,19,20). The first-order valence-corrected chi connectivity index (χ1v) is 9.23. The Morgan fingerprint density at radius 2 is 2.09 bits per heavy atom. The highest BCUT2D eigenvalue weighted by Gasteiger charge is 2.31. The summed E-state index contributed by atoms with van der Waals surface area (Å²) in [5.41, 5.74) is 0.229. The van der Waals surface area contributed by atoms with Crippen LogP contribution >= 0.6 is 11.3 Å². The van der Waals surface area contributed by atoms with E-state index >= 15 is 0 Å². The number of nitrogens with zero attached hydrogens (tertiary/aromatic N) is 2. The van der Waals surface area contributed by atoms with Crippen molar-refractivity contribution in [1.82, 2.24) is 9.97 Å². The molecule has 3 rings (SSSR count). The van der Waals surface area contributed by atoms with Crippen LogP contribution in [0, 0.1) is 5.41 Å². The number of aliphatic hydroxyl groups excluding tert-OH is 1. The molecule has 1 aliphatic carbocycles. The molecule has 0 saturated heterocycles. The molecule has 120 valence electrons. The van der Waals surface area contributed by atoms with Crippen LogP contribution in [-0.2, 0) is 6.42 Å². The molecule has 0 atom stereocenters. The van der Waals surface area contributed by atoms with Crippen molar-refractivity contribution >= 4 is 27.4 Å². The first-order chi connectivity index (χ1) is 10.8. The van der Waals surface area contributed by atoms with Crippen molar-refractivity contribution in [2.75, 3.05) is 18.5 Å². The van der Waals surface area contributed by atoms with E-state index in [0.29, 0.717) is 0 Å². The summed E-state index contributed by atoms with van der Waals surface area (Å²) in [7, 11) is 0. The minimum atomic E-state index is 0.229. The van der Waals surface area contributed by atoms with Crippen molar-refractivity contribution in [3.63, 3.8) is 0 Å². The number of fused-ring (bicyclic) bond motifs is 1. The molecule has 1 aliphatic rings. The van der Waals surface area contributed by atoms with Gasteiger partial charge in [0.1, 0.15) is 16.5 Å². The van der Waals surface area contributed by atoms with Crippen molar-refractivity contribution in [3.8, 4) is 0 Å². The Labute approximate surface area is 136 Å². The minimum absolute atomic E-state index is 0.229. The second-order valence-electron chi connectivity index (χ2n) is 6.37. The van der Waals surface area contributed by atoms with Gasteiger partial charge in [-0.2, -0.15) is 0 Å². The van der Waals surface area contributed by atoms with E-state index in [9.17, 15) is 5.11 Å². The molecule has 1 fully saturated rings. The molecule has 0 aromatic carbocycles. The van der Waals surface area contributed by atoms with E-state index in [4.69, 9.17) is 0 Å². The maximum absolute atomic E-state index is 9.45. The van der Waals surface area contributed by atoms with Crippen LogP contribution in [0.4, 0.5) is 5.82 Å². The number of aliphatic hydroxyl groups is 1. The number of hydrogen-bond acceptors (Lipinski definition) is 5. The highest BCUT2D eigenvalue weighted by molar-refractivity contribution is 7.16. The van der Waals surface area contributed by atoms with Crippen molar-refractivity contribution in [1.29, 1.82) is 0 Å². The quantitative estimate of drug-likeness (QED) is 0.845. The highest BCUT2D eigenvalue weighted by atomic mass is 32.1. The molecule has 0 bridgehead atoms. The van der Waals surface area contributed by atoms with Crippen LogP contribution in [0.15, 0.2) is 11.4 Å². The Morgan fingerprint density at radius 1 is 1.27 bits per heavy atom. The van der Waals surface area contributed by atoms with Gasteiger partial charge in [0.25, 0.3) is 0 Å². The fourth-order valence-corrected chi connectivity index (χ4v) is 4.30. The van der Waals surface area contributed by atoms with Crippen molar-refractivity contribution in [3.05, 3.63) is 17.3 Å². The Balaban J connectivity index is 1.81. The third kappa shape index (κ3) is 3.25. The number of nitrogens with one attached hydrogen (secondary N) is 1.